The monoisotopic (exact) mass is 338 g/mol. The first-order chi connectivity index (χ1) is 12.2. The van der Waals surface area contributed by atoms with Gasteiger partial charge in [0.1, 0.15) is 6.61 Å². The van der Waals surface area contributed by atoms with Crippen molar-refractivity contribution in [2.24, 2.45) is 5.92 Å². The summed E-state index contributed by atoms with van der Waals surface area (Å²) < 4.78 is 4.85. The van der Waals surface area contributed by atoms with E-state index in [0.29, 0.717) is 31.4 Å². The summed E-state index contributed by atoms with van der Waals surface area (Å²) in [7, 11) is 0. The van der Waals surface area contributed by atoms with Crippen LogP contribution < -0.4 is 0 Å². The molecule has 2 amide bonds. The zero-order chi connectivity index (χ0) is 17.2. The molecule has 1 aliphatic heterocycles. The summed E-state index contributed by atoms with van der Waals surface area (Å²) in [5, 5.41) is 1.24. The number of hydrogen-bond donors (Lipinski definition) is 0. The summed E-state index contributed by atoms with van der Waals surface area (Å²) in [5.41, 5.74) is 2.42. The fourth-order valence-corrected chi connectivity index (χ4v) is 4.13. The third kappa shape index (κ3) is 3.23. The minimum absolute atomic E-state index is 0.0830. The molecule has 1 saturated carbocycles. The van der Waals surface area contributed by atoms with E-state index in [1.54, 1.807) is 0 Å². The van der Waals surface area contributed by atoms with E-state index in [-0.39, 0.29) is 5.91 Å². The van der Waals surface area contributed by atoms with Crippen molar-refractivity contribution >= 4 is 22.9 Å². The maximum absolute atomic E-state index is 12.3. The largest absolute Gasteiger partial charge is 0.447 e. The molecule has 2 aromatic rings. The van der Waals surface area contributed by atoms with Gasteiger partial charge in [0.15, 0.2) is 0 Å². The fourth-order valence-electron chi connectivity index (χ4n) is 4.13. The molecule has 1 aliphatic carbocycles. The molecule has 0 radical (unpaired) electrons. The van der Waals surface area contributed by atoms with Gasteiger partial charge in [-0.05, 0) is 55.2 Å². The topological polar surface area (TPSA) is 59.5 Å². The summed E-state index contributed by atoms with van der Waals surface area (Å²) in [5.74, 6) is 0.807. The van der Waals surface area contributed by atoms with E-state index < -0.39 is 6.09 Å². The SMILES string of the molecule is O=C(CC1CCC(c2ccnc3ccccc23)CC1)N1CCOC1=O. The van der Waals surface area contributed by atoms with Crippen molar-refractivity contribution in [3.8, 4) is 0 Å². The Bertz CT molecular complexity index is 791. The number of fused-ring (bicyclic) bond motifs is 1. The number of para-hydroxylation sites is 1. The maximum atomic E-state index is 12.3. The van der Waals surface area contributed by atoms with E-state index in [9.17, 15) is 9.59 Å². The summed E-state index contributed by atoms with van der Waals surface area (Å²) in [4.78, 5) is 29.5. The summed E-state index contributed by atoms with van der Waals surface area (Å²) in [6.07, 6.45) is 6.08. The lowest BCUT2D eigenvalue weighted by Gasteiger charge is -2.29. The van der Waals surface area contributed by atoms with Crippen LogP contribution in [0.4, 0.5) is 4.79 Å². The average Bonchev–Trinajstić information content (AvgIpc) is 3.08. The number of carbonyl (C=O) groups excluding carboxylic acids is 2. The van der Waals surface area contributed by atoms with Crippen LogP contribution in [0.15, 0.2) is 36.5 Å². The highest BCUT2D eigenvalue weighted by atomic mass is 16.6. The van der Waals surface area contributed by atoms with Crippen molar-refractivity contribution in [1.29, 1.82) is 0 Å². The van der Waals surface area contributed by atoms with Gasteiger partial charge in [0.2, 0.25) is 5.91 Å². The number of amides is 2. The Morgan fingerprint density at radius 2 is 1.96 bits per heavy atom. The molecule has 0 N–H and O–H groups in total. The number of carbonyl (C=O) groups is 2. The molecular formula is C20H22N2O3. The van der Waals surface area contributed by atoms with E-state index in [0.717, 1.165) is 31.2 Å². The van der Waals surface area contributed by atoms with Gasteiger partial charge in [-0.2, -0.15) is 0 Å². The quantitative estimate of drug-likeness (QED) is 0.852. The van der Waals surface area contributed by atoms with Gasteiger partial charge in [-0.1, -0.05) is 18.2 Å². The summed E-state index contributed by atoms with van der Waals surface area (Å²) >= 11 is 0. The third-order valence-electron chi connectivity index (χ3n) is 5.49. The van der Waals surface area contributed by atoms with Crippen molar-refractivity contribution in [3.63, 3.8) is 0 Å². The van der Waals surface area contributed by atoms with Crippen LogP contribution >= 0.6 is 0 Å². The number of rotatable bonds is 3. The molecule has 2 aliphatic rings. The Labute approximate surface area is 147 Å². The van der Waals surface area contributed by atoms with Crippen LogP contribution in [0, 0.1) is 5.92 Å². The number of imide groups is 1. The zero-order valence-electron chi connectivity index (χ0n) is 14.2. The number of nitrogens with zero attached hydrogens (tertiary/aromatic N) is 2. The van der Waals surface area contributed by atoms with Gasteiger partial charge in [0, 0.05) is 18.0 Å². The highest BCUT2D eigenvalue weighted by Crippen LogP contribution is 2.39. The smallest absolute Gasteiger partial charge is 0.416 e. The fraction of sp³-hybridized carbons (Fsp3) is 0.450. The molecule has 5 nitrogen and oxygen atoms in total. The van der Waals surface area contributed by atoms with Crippen molar-refractivity contribution < 1.29 is 14.3 Å². The number of aromatic nitrogens is 1. The van der Waals surface area contributed by atoms with E-state index in [1.165, 1.54) is 15.8 Å². The number of pyridine rings is 1. The molecule has 4 rings (SSSR count). The Morgan fingerprint density at radius 3 is 2.72 bits per heavy atom. The molecule has 1 saturated heterocycles. The van der Waals surface area contributed by atoms with Gasteiger partial charge in [-0.15, -0.1) is 0 Å². The van der Waals surface area contributed by atoms with Crippen molar-refractivity contribution in [2.45, 2.75) is 38.0 Å². The molecule has 130 valence electrons. The molecule has 1 aromatic carbocycles. The van der Waals surface area contributed by atoms with Crippen LogP contribution in [0.3, 0.4) is 0 Å². The first-order valence-electron chi connectivity index (χ1n) is 9.03. The Balaban J connectivity index is 1.39. The van der Waals surface area contributed by atoms with E-state index in [2.05, 4.69) is 29.2 Å². The third-order valence-corrected chi connectivity index (χ3v) is 5.49. The first-order valence-corrected chi connectivity index (χ1v) is 9.03. The summed E-state index contributed by atoms with van der Waals surface area (Å²) in [6.45, 7) is 0.725. The molecule has 2 fully saturated rings. The molecule has 0 unspecified atom stereocenters. The molecule has 5 heteroatoms. The zero-order valence-corrected chi connectivity index (χ0v) is 14.2. The molecule has 0 spiro atoms. The second-order valence-corrected chi connectivity index (χ2v) is 7.00. The molecular weight excluding hydrogens is 316 g/mol. The molecule has 0 bridgehead atoms. The second-order valence-electron chi connectivity index (χ2n) is 7.00. The van der Waals surface area contributed by atoms with Crippen LogP contribution in [-0.4, -0.2) is 35.0 Å². The van der Waals surface area contributed by atoms with Gasteiger partial charge >= 0.3 is 6.09 Å². The van der Waals surface area contributed by atoms with Crippen LogP contribution in [0.2, 0.25) is 0 Å². The van der Waals surface area contributed by atoms with Gasteiger partial charge in [0.05, 0.1) is 12.1 Å². The van der Waals surface area contributed by atoms with Crippen molar-refractivity contribution in [2.75, 3.05) is 13.2 Å². The number of cyclic esters (lactones) is 1. The number of hydrogen-bond acceptors (Lipinski definition) is 4. The van der Waals surface area contributed by atoms with Crippen molar-refractivity contribution in [1.82, 2.24) is 9.88 Å². The highest BCUT2D eigenvalue weighted by Gasteiger charge is 2.31. The molecule has 0 atom stereocenters. The first kappa shape index (κ1) is 16.1. The van der Waals surface area contributed by atoms with Crippen LogP contribution in [0.1, 0.15) is 43.6 Å². The lowest BCUT2D eigenvalue weighted by Crippen LogP contribution is -2.33. The minimum Gasteiger partial charge on any atom is -0.447 e. The highest BCUT2D eigenvalue weighted by molar-refractivity contribution is 5.93. The van der Waals surface area contributed by atoms with Gasteiger partial charge in [-0.3, -0.25) is 9.78 Å². The van der Waals surface area contributed by atoms with E-state index in [4.69, 9.17) is 4.74 Å². The lowest BCUT2D eigenvalue weighted by molar-refractivity contribution is -0.129. The van der Waals surface area contributed by atoms with Crippen LogP contribution in [0.25, 0.3) is 10.9 Å². The van der Waals surface area contributed by atoms with E-state index in [1.807, 2.05) is 12.3 Å². The lowest BCUT2D eigenvalue weighted by atomic mass is 9.77. The van der Waals surface area contributed by atoms with Crippen molar-refractivity contribution in [3.05, 3.63) is 42.1 Å². The van der Waals surface area contributed by atoms with Gasteiger partial charge < -0.3 is 4.74 Å². The molecule has 1 aromatic heterocycles. The normalized spacial score (nSPS) is 23.7. The average molecular weight is 338 g/mol. The van der Waals surface area contributed by atoms with Gasteiger partial charge in [-0.25, -0.2) is 9.69 Å². The number of ether oxygens (including phenoxy) is 1. The maximum Gasteiger partial charge on any atom is 0.416 e. The Kier molecular flexibility index (Phi) is 4.38. The number of benzene rings is 1. The predicted octanol–water partition coefficient (Wildman–Crippen LogP) is 3.88. The Morgan fingerprint density at radius 1 is 1.16 bits per heavy atom. The van der Waals surface area contributed by atoms with Crippen LogP contribution in [-0.2, 0) is 9.53 Å². The molecule has 2 heterocycles. The Hall–Kier alpha value is -2.43. The van der Waals surface area contributed by atoms with E-state index >= 15 is 0 Å². The predicted molar refractivity (Wildman–Crippen MR) is 94.1 cm³/mol. The standard InChI is InChI=1S/C20H22N2O3/c23-19(22-11-12-25-20(22)24)13-14-5-7-15(8-6-14)16-9-10-21-18-4-2-1-3-17(16)18/h1-4,9-10,14-15H,5-8,11-13H2. The molecule has 25 heavy (non-hydrogen) atoms. The van der Waals surface area contributed by atoms with Crippen LogP contribution in [0.5, 0.6) is 0 Å². The minimum atomic E-state index is -0.484. The second kappa shape index (κ2) is 6.82. The summed E-state index contributed by atoms with van der Waals surface area (Å²) in [6, 6.07) is 10.4. The van der Waals surface area contributed by atoms with Gasteiger partial charge in [0.25, 0.3) is 0 Å².